The molecule has 2 atom stereocenters. The minimum Gasteiger partial charge on any atom is -0.355 e. The van der Waals surface area contributed by atoms with Crippen molar-refractivity contribution in [2.24, 2.45) is 5.92 Å². The lowest BCUT2D eigenvalue weighted by Crippen LogP contribution is -2.39. The molecule has 0 heterocycles. The van der Waals surface area contributed by atoms with E-state index in [4.69, 9.17) is 0 Å². The molecule has 112 valence electrons. The summed E-state index contributed by atoms with van der Waals surface area (Å²) in [6, 6.07) is 6.84. The monoisotopic (exact) mass is 280 g/mol. The highest BCUT2D eigenvalue weighted by Gasteiger charge is 2.11. The number of nitrogens with one attached hydrogen (secondary N) is 2. The second kappa shape index (κ2) is 8.69. The third-order valence-corrected chi connectivity index (χ3v) is 3.17. The van der Waals surface area contributed by atoms with Gasteiger partial charge in [-0.25, -0.2) is 4.39 Å². The minimum atomic E-state index is -0.224. The van der Waals surface area contributed by atoms with Crippen LogP contribution in [-0.4, -0.2) is 25.0 Å². The van der Waals surface area contributed by atoms with Gasteiger partial charge < -0.3 is 10.6 Å². The van der Waals surface area contributed by atoms with E-state index in [2.05, 4.69) is 10.6 Å². The lowest BCUT2D eigenvalue weighted by molar-refractivity contribution is -0.121. The molecule has 0 aliphatic carbocycles. The highest BCUT2D eigenvalue weighted by molar-refractivity contribution is 5.76. The van der Waals surface area contributed by atoms with Gasteiger partial charge in [-0.15, -0.1) is 0 Å². The molecule has 4 heteroatoms. The van der Waals surface area contributed by atoms with Crippen molar-refractivity contribution in [2.75, 3.05) is 13.1 Å². The van der Waals surface area contributed by atoms with E-state index >= 15 is 0 Å². The number of benzene rings is 1. The van der Waals surface area contributed by atoms with Crippen LogP contribution in [0.25, 0.3) is 0 Å². The Morgan fingerprint density at radius 3 is 2.75 bits per heavy atom. The van der Waals surface area contributed by atoms with E-state index < -0.39 is 0 Å². The van der Waals surface area contributed by atoms with Gasteiger partial charge in [0.15, 0.2) is 0 Å². The highest BCUT2D eigenvalue weighted by Crippen LogP contribution is 2.12. The molecule has 0 saturated heterocycles. The first-order valence-electron chi connectivity index (χ1n) is 7.25. The maximum absolute atomic E-state index is 13.1. The number of likely N-dealkylation sites (N-methyl/N-ethyl adjacent to an activating group) is 1. The largest absolute Gasteiger partial charge is 0.355 e. The Balaban J connectivity index is 2.31. The second-order valence-corrected chi connectivity index (χ2v) is 5.41. The van der Waals surface area contributed by atoms with E-state index in [1.165, 1.54) is 12.1 Å². The summed E-state index contributed by atoms with van der Waals surface area (Å²) in [6.07, 6.45) is 1.18. The van der Waals surface area contributed by atoms with Crippen LogP contribution in [0.3, 0.4) is 0 Å². The number of halogens is 1. The summed E-state index contributed by atoms with van der Waals surface area (Å²) in [5.41, 5.74) is 0.936. The molecule has 2 N–H and O–H groups in total. The van der Waals surface area contributed by atoms with Crippen LogP contribution in [0.4, 0.5) is 4.39 Å². The maximum Gasteiger partial charge on any atom is 0.220 e. The molecule has 0 fully saturated rings. The molecular weight excluding hydrogens is 255 g/mol. The van der Waals surface area contributed by atoms with Gasteiger partial charge in [-0.3, -0.25) is 4.79 Å². The molecule has 0 aliphatic rings. The first kappa shape index (κ1) is 16.6. The van der Waals surface area contributed by atoms with Gasteiger partial charge in [0.2, 0.25) is 5.91 Å². The second-order valence-electron chi connectivity index (χ2n) is 5.41. The van der Waals surface area contributed by atoms with Crippen molar-refractivity contribution < 1.29 is 9.18 Å². The molecule has 0 spiro atoms. The zero-order valence-electron chi connectivity index (χ0n) is 12.6. The number of hydrogen-bond acceptors (Lipinski definition) is 2. The van der Waals surface area contributed by atoms with E-state index in [9.17, 15) is 9.18 Å². The van der Waals surface area contributed by atoms with Crippen molar-refractivity contribution in [2.45, 2.75) is 39.7 Å². The van der Waals surface area contributed by atoms with Crippen LogP contribution in [0.15, 0.2) is 24.3 Å². The predicted molar refractivity (Wildman–Crippen MR) is 80.0 cm³/mol. The fourth-order valence-corrected chi connectivity index (χ4v) is 2.21. The summed E-state index contributed by atoms with van der Waals surface area (Å²) in [5.74, 6) is 0.0310. The Bertz CT molecular complexity index is 423. The van der Waals surface area contributed by atoms with E-state index in [0.717, 1.165) is 12.1 Å². The quantitative estimate of drug-likeness (QED) is 0.768. The predicted octanol–water partition coefficient (Wildman–Crippen LogP) is 2.51. The average Bonchev–Trinajstić information content (AvgIpc) is 2.36. The van der Waals surface area contributed by atoms with Gasteiger partial charge in [-0.05, 0) is 43.5 Å². The lowest BCUT2D eigenvalue weighted by Gasteiger charge is -2.15. The zero-order valence-corrected chi connectivity index (χ0v) is 12.6. The van der Waals surface area contributed by atoms with Gasteiger partial charge in [0.1, 0.15) is 5.82 Å². The van der Waals surface area contributed by atoms with E-state index in [-0.39, 0.29) is 23.7 Å². The minimum absolute atomic E-state index is 0.0543. The zero-order chi connectivity index (χ0) is 15.0. The van der Waals surface area contributed by atoms with Crippen LogP contribution >= 0.6 is 0 Å². The summed E-state index contributed by atoms with van der Waals surface area (Å²) in [4.78, 5) is 11.8. The van der Waals surface area contributed by atoms with Gasteiger partial charge in [0, 0.05) is 19.0 Å². The molecule has 0 aliphatic heterocycles. The number of carbonyl (C=O) groups is 1. The fraction of sp³-hybridized carbons (Fsp3) is 0.562. The molecule has 0 saturated carbocycles. The van der Waals surface area contributed by atoms with Gasteiger partial charge in [0.05, 0.1) is 0 Å². The number of hydrogen-bond donors (Lipinski definition) is 2. The summed E-state index contributed by atoms with van der Waals surface area (Å²) in [7, 11) is 0. The van der Waals surface area contributed by atoms with Gasteiger partial charge in [-0.2, -0.15) is 0 Å². The van der Waals surface area contributed by atoms with E-state index in [1.54, 1.807) is 6.07 Å². The highest BCUT2D eigenvalue weighted by atomic mass is 19.1. The summed E-state index contributed by atoms with van der Waals surface area (Å²) in [6.45, 7) is 7.63. The molecule has 1 aromatic carbocycles. The topological polar surface area (TPSA) is 41.1 Å². The molecule has 1 rings (SSSR count). The summed E-state index contributed by atoms with van der Waals surface area (Å²) in [5, 5.41) is 6.16. The van der Waals surface area contributed by atoms with Crippen LogP contribution in [0.2, 0.25) is 0 Å². The third kappa shape index (κ3) is 6.66. The first-order chi connectivity index (χ1) is 9.51. The first-order valence-corrected chi connectivity index (χ1v) is 7.25. The Kier molecular flexibility index (Phi) is 7.23. The van der Waals surface area contributed by atoms with Crippen molar-refractivity contribution >= 4 is 5.91 Å². The molecule has 1 amide bonds. The molecule has 20 heavy (non-hydrogen) atoms. The Hall–Kier alpha value is -1.42. The van der Waals surface area contributed by atoms with Crippen LogP contribution in [0.1, 0.15) is 32.8 Å². The SMILES string of the molecule is CCN[C@H](C)CNC(=O)CC(C)Cc1cccc(F)c1. The van der Waals surface area contributed by atoms with Crippen LogP contribution in [0.5, 0.6) is 0 Å². The van der Waals surface area contributed by atoms with Crippen LogP contribution < -0.4 is 10.6 Å². The Labute approximate surface area is 121 Å². The van der Waals surface area contributed by atoms with E-state index in [1.807, 2.05) is 26.8 Å². The molecule has 1 aromatic rings. The Morgan fingerprint density at radius 1 is 1.35 bits per heavy atom. The smallest absolute Gasteiger partial charge is 0.220 e. The fourth-order valence-electron chi connectivity index (χ4n) is 2.21. The van der Waals surface area contributed by atoms with Crippen molar-refractivity contribution in [1.29, 1.82) is 0 Å². The van der Waals surface area contributed by atoms with E-state index in [0.29, 0.717) is 19.4 Å². The molecule has 0 radical (unpaired) electrons. The normalized spacial score (nSPS) is 13.8. The van der Waals surface area contributed by atoms with Crippen molar-refractivity contribution in [3.05, 3.63) is 35.6 Å². The Morgan fingerprint density at radius 2 is 2.10 bits per heavy atom. The summed E-state index contributed by atoms with van der Waals surface area (Å²) >= 11 is 0. The molecule has 0 aromatic heterocycles. The van der Waals surface area contributed by atoms with Crippen molar-refractivity contribution in [3.8, 4) is 0 Å². The molecule has 0 bridgehead atoms. The van der Waals surface area contributed by atoms with Crippen molar-refractivity contribution in [1.82, 2.24) is 10.6 Å². The number of carbonyl (C=O) groups excluding carboxylic acids is 1. The maximum atomic E-state index is 13.1. The van der Waals surface area contributed by atoms with Crippen LogP contribution in [0, 0.1) is 11.7 Å². The molecular formula is C16H25FN2O. The number of amides is 1. The van der Waals surface area contributed by atoms with Crippen molar-refractivity contribution in [3.63, 3.8) is 0 Å². The summed E-state index contributed by atoms with van der Waals surface area (Å²) < 4.78 is 13.1. The van der Waals surface area contributed by atoms with Gasteiger partial charge in [-0.1, -0.05) is 26.0 Å². The molecule has 3 nitrogen and oxygen atoms in total. The van der Waals surface area contributed by atoms with Gasteiger partial charge in [0.25, 0.3) is 0 Å². The lowest BCUT2D eigenvalue weighted by atomic mass is 9.97. The van der Waals surface area contributed by atoms with Crippen LogP contribution in [-0.2, 0) is 11.2 Å². The van der Waals surface area contributed by atoms with Gasteiger partial charge >= 0.3 is 0 Å². The number of rotatable bonds is 8. The average molecular weight is 280 g/mol. The third-order valence-electron chi connectivity index (χ3n) is 3.17. The molecule has 1 unspecified atom stereocenters. The standard InChI is InChI=1S/C16H25FN2O/c1-4-18-13(3)11-19-16(20)9-12(2)8-14-6-5-7-15(17)10-14/h5-7,10,12-13,18H,4,8-9,11H2,1-3H3,(H,19,20)/t12?,13-/m1/s1.